The van der Waals surface area contributed by atoms with Crippen LogP contribution < -0.4 is 5.56 Å². The second-order valence-electron chi connectivity index (χ2n) is 6.02. The fraction of sp³-hybridized carbons (Fsp3) is 0.692. The molecule has 0 amide bonds. The van der Waals surface area contributed by atoms with Crippen LogP contribution >= 0.6 is 11.6 Å². The lowest BCUT2D eigenvalue weighted by atomic mass is 9.94. The van der Waals surface area contributed by atoms with Crippen LogP contribution in [0.1, 0.15) is 46.0 Å². The summed E-state index contributed by atoms with van der Waals surface area (Å²) in [6, 6.07) is 1.33. The van der Waals surface area contributed by atoms with Crippen LogP contribution in [0.2, 0.25) is 5.15 Å². The SMILES string of the molecule is Cc1nc(Cl)cc(=O)n1C1CC(C)(C)OC1(C)C. The van der Waals surface area contributed by atoms with Gasteiger partial charge in [-0.3, -0.25) is 9.36 Å². The Bertz CT molecular complexity index is 534. The molecule has 1 aromatic rings. The number of nitrogens with zero attached hydrogens (tertiary/aromatic N) is 2. The van der Waals surface area contributed by atoms with Crippen LogP contribution in [-0.2, 0) is 4.74 Å². The number of rotatable bonds is 1. The average Bonchev–Trinajstić information content (AvgIpc) is 2.32. The van der Waals surface area contributed by atoms with Crippen molar-refractivity contribution in [2.24, 2.45) is 0 Å². The van der Waals surface area contributed by atoms with E-state index >= 15 is 0 Å². The summed E-state index contributed by atoms with van der Waals surface area (Å²) in [5.41, 5.74) is -0.750. The van der Waals surface area contributed by atoms with Gasteiger partial charge in [-0.2, -0.15) is 0 Å². The number of hydrogen-bond donors (Lipinski definition) is 0. The minimum absolute atomic E-state index is 0.0234. The molecule has 0 bridgehead atoms. The van der Waals surface area contributed by atoms with Crippen LogP contribution in [0.5, 0.6) is 0 Å². The number of hydrogen-bond acceptors (Lipinski definition) is 3. The first kappa shape index (κ1) is 13.6. The largest absolute Gasteiger partial charge is 0.367 e. The molecule has 100 valence electrons. The third-order valence-corrected chi connectivity index (χ3v) is 3.63. The Labute approximate surface area is 112 Å². The van der Waals surface area contributed by atoms with E-state index in [-0.39, 0.29) is 22.4 Å². The molecule has 1 saturated heterocycles. The van der Waals surface area contributed by atoms with Gasteiger partial charge in [-0.1, -0.05) is 11.6 Å². The van der Waals surface area contributed by atoms with E-state index in [0.717, 1.165) is 6.42 Å². The highest BCUT2D eigenvalue weighted by Crippen LogP contribution is 2.44. The van der Waals surface area contributed by atoms with Crippen LogP contribution in [0.25, 0.3) is 0 Å². The van der Waals surface area contributed by atoms with E-state index < -0.39 is 5.60 Å². The molecule has 1 aliphatic heterocycles. The molecule has 1 atom stereocenters. The molecule has 4 nitrogen and oxygen atoms in total. The first-order chi connectivity index (χ1) is 8.12. The predicted molar refractivity (Wildman–Crippen MR) is 71.1 cm³/mol. The zero-order chi connectivity index (χ0) is 13.7. The van der Waals surface area contributed by atoms with E-state index in [4.69, 9.17) is 16.3 Å². The summed E-state index contributed by atoms with van der Waals surface area (Å²) >= 11 is 5.80. The summed E-state index contributed by atoms with van der Waals surface area (Å²) in [6.07, 6.45) is 0.782. The first-order valence-corrected chi connectivity index (χ1v) is 6.46. The van der Waals surface area contributed by atoms with Crippen molar-refractivity contribution in [2.75, 3.05) is 0 Å². The maximum atomic E-state index is 12.1. The second-order valence-corrected chi connectivity index (χ2v) is 6.41. The highest BCUT2D eigenvalue weighted by atomic mass is 35.5. The lowest BCUT2D eigenvalue weighted by Crippen LogP contribution is -2.37. The summed E-state index contributed by atoms with van der Waals surface area (Å²) in [5, 5.41) is 0.240. The van der Waals surface area contributed by atoms with Crippen molar-refractivity contribution >= 4 is 11.6 Å². The van der Waals surface area contributed by atoms with Crippen molar-refractivity contribution in [1.82, 2.24) is 9.55 Å². The predicted octanol–water partition coefficient (Wildman–Crippen LogP) is 2.72. The highest BCUT2D eigenvalue weighted by molar-refractivity contribution is 6.29. The van der Waals surface area contributed by atoms with Crippen LogP contribution in [-0.4, -0.2) is 20.8 Å². The Morgan fingerprint density at radius 1 is 1.44 bits per heavy atom. The molecule has 1 fully saturated rings. The standard InChI is InChI=1S/C13H19ClN2O2/c1-8-15-10(14)6-11(17)16(8)9-7-12(2,3)18-13(9,4)5/h6,9H,7H2,1-5H3. The van der Waals surface area contributed by atoms with Gasteiger partial charge in [0.25, 0.3) is 5.56 Å². The maximum absolute atomic E-state index is 12.1. The number of aromatic nitrogens is 2. The lowest BCUT2D eigenvalue weighted by Gasteiger charge is -2.29. The zero-order valence-corrected chi connectivity index (χ0v) is 12.2. The zero-order valence-electron chi connectivity index (χ0n) is 11.5. The normalized spacial score (nSPS) is 25.3. The van der Waals surface area contributed by atoms with Crippen molar-refractivity contribution in [3.63, 3.8) is 0 Å². The van der Waals surface area contributed by atoms with Gasteiger partial charge in [0.15, 0.2) is 0 Å². The Kier molecular flexibility index (Phi) is 3.06. The molecule has 0 saturated carbocycles. The molecule has 0 N–H and O–H groups in total. The highest BCUT2D eigenvalue weighted by Gasteiger charge is 2.47. The summed E-state index contributed by atoms with van der Waals surface area (Å²) in [5.74, 6) is 0.631. The fourth-order valence-electron chi connectivity index (χ4n) is 2.89. The van der Waals surface area contributed by atoms with Crippen molar-refractivity contribution in [2.45, 2.75) is 58.3 Å². The van der Waals surface area contributed by atoms with Crippen molar-refractivity contribution in [3.8, 4) is 0 Å². The van der Waals surface area contributed by atoms with Gasteiger partial charge >= 0.3 is 0 Å². The van der Waals surface area contributed by atoms with Gasteiger partial charge in [-0.05, 0) is 41.0 Å². The van der Waals surface area contributed by atoms with E-state index in [1.165, 1.54) is 6.07 Å². The molecule has 1 unspecified atom stereocenters. The summed E-state index contributed by atoms with van der Waals surface area (Å²) in [7, 11) is 0. The van der Waals surface area contributed by atoms with Crippen molar-refractivity contribution in [3.05, 3.63) is 27.4 Å². The number of aryl methyl sites for hydroxylation is 1. The summed E-state index contributed by atoms with van der Waals surface area (Å²) < 4.78 is 7.72. The summed E-state index contributed by atoms with van der Waals surface area (Å²) in [4.78, 5) is 16.3. The first-order valence-electron chi connectivity index (χ1n) is 6.08. The quantitative estimate of drug-likeness (QED) is 0.737. The van der Waals surface area contributed by atoms with Crippen molar-refractivity contribution in [1.29, 1.82) is 0 Å². The van der Waals surface area contributed by atoms with Crippen LogP contribution in [0.3, 0.4) is 0 Å². The topological polar surface area (TPSA) is 44.1 Å². The Morgan fingerprint density at radius 2 is 2.06 bits per heavy atom. The van der Waals surface area contributed by atoms with E-state index in [9.17, 15) is 4.79 Å². The molecular formula is C13H19ClN2O2. The molecule has 0 aromatic carbocycles. The molecule has 2 heterocycles. The molecular weight excluding hydrogens is 252 g/mol. The van der Waals surface area contributed by atoms with E-state index in [1.54, 1.807) is 11.5 Å². The second kappa shape index (κ2) is 4.07. The minimum Gasteiger partial charge on any atom is -0.367 e. The Morgan fingerprint density at radius 3 is 2.50 bits per heavy atom. The molecule has 1 aliphatic rings. The minimum atomic E-state index is -0.395. The van der Waals surface area contributed by atoms with Crippen LogP contribution in [0.4, 0.5) is 0 Å². The van der Waals surface area contributed by atoms with Gasteiger partial charge in [0, 0.05) is 6.07 Å². The lowest BCUT2D eigenvalue weighted by molar-refractivity contribution is -0.0733. The maximum Gasteiger partial charge on any atom is 0.255 e. The van der Waals surface area contributed by atoms with Crippen LogP contribution in [0.15, 0.2) is 10.9 Å². The fourth-order valence-corrected chi connectivity index (χ4v) is 3.10. The smallest absolute Gasteiger partial charge is 0.255 e. The molecule has 18 heavy (non-hydrogen) atoms. The summed E-state index contributed by atoms with van der Waals surface area (Å²) in [6.45, 7) is 9.89. The van der Waals surface area contributed by atoms with Crippen LogP contribution in [0, 0.1) is 6.92 Å². The molecule has 1 aromatic heterocycles. The molecule has 5 heteroatoms. The van der Waals surface area contributed by atoms with Gasteiger partial charge < -0.3 is 4.74 Å². The molecule has 0 spiro atoms. The van der Waals surface area contributed by atoms with E-state index in [0.29, 0.717) is 5.82 Å². The van der Waals surface area contributed by atoms with E-state index in [1.807, 2.05) is 27.7 Å². The molecule has 2 rings (SSSR count). The van der Waals surface area contributed by atoms with Gasteiger partial charge in [0.2, 0.25) is 0 Å². The van der Waals surface area contributed by atoms with Gasteiger partial charge in [-0.15, -0.1) is 0 Å². The molecule has 0 aliphatic carbocycles. The Balaban J connectivity index is 2.54. The molecule has 0 radical (unpaired) electrons. The average molecular weight is 271 g/mol. The monoisotopic (exact) mass is 270 g/mol. The Hall–Kier alpha value is -0.870. The van der Waals surface area contributed by atoms with Crippen molar-refractivity contribution < 1.29 is 4.74 Å². The number of halogens is 1. The van der Waals surface area contributed by atoms with E-state index in [2.05, 4.69) is 4.98 Å². The van der Waals surface area contributed by atoms with Gasteiger partial charge in [-0.25, -0.2) is 4.98 Å². The van der Waals surface area contributed by atoms with Gasteiger partial charge in [0.05, 0.1) is 17.2 Å². The number of ether oxygens (including phenoxy) is 1. The van der Waals surface area contributed by atoms with Gasteiger partial charge in [0.1, 0.15) is 11.0 Å². The third kappa shape index (κ3) is 2.31. The third-order valence-electron chi connectivity index (χ3n) is 3.44.